The van der Waals surface area contributed by atoms with Crippen molar-refractivity contribution in [2.75, 3.05) is 0 Å². The lowest BCUT2D eigenvalue weighted by molar-refractivity contribution is -0.120. The molecule has 6 heteroatoms. The molecule has 3 aliphatic carbocycles. The van der Waals surface area contributed by atoms with Crippen LogP contribution < -0.4 is 5.73 Å². The molecule has 2 heterocycles. The van der Waals surface area contributed by atoms with Gasteiger partial charge in [-0.15, -0.1) is 0 Å². The normalized spacial score (nSPS) is 34.3. The highest BCUT2D eigenvalue weighted by Crippen LogP contribution is 2.62. The zero-order chi connectivity index (χ0) is 23.8. The maximum absolute atomic E-state index is 13.6. The minimum atomic E-state index is -0.738. The van der Waals surface area contributed by atoms with E-state index in [0.717, 1.165) is 21.9 Å². The first kappa shape index (κ1) is 21.0. The van der Waals surface area contributed by atoms with Crippen LogP contribution in [-0.4, -0.2) is 28.0 Å². The van der Waals surface area contributed by atoms with Gasteiger partial charge in [-0.25, -0.2) is 0 Å². The van der Waals surface area contributed by atoms with Crippen molar-refractivity contribution in [3.8, 4) is 0 Å². The second-order valence-corrected chi connectivity index (χ2v) is 10.4. The van der Waals surface area contributed by atoms with E-state index in [-0.39, 0.29) is 41.6 Å². The number of fused-ring (bicyclic) bond motifs is 4. The van der Waals surface area contributed by atoms with E-state index in [1.165, 1.54) is 0 Å². The molecule has 5 atom stereocenters. The Hall–Kier alpha value is -3.54. The summed E-state index contributed by atoms with van der Waals surface area (Å²) in [5.41, 5.74) is 7.10. The molecule has 0 amide bonds. The van der Waals surface area contributed by atoms with Gasteiger partial charge >= 0.3 is 0 Å². The molecule has 0 saturated heterocycles. The summed E-state index contributed by atoms with van der Waals surface area (Å²) in [6.07, 6.45) is 10.8. The van der Waals surface area contributed by atoms with Crippen molar-refractivity contribution < 1.29 is 14.3 Å². The smallest absolute Gasteiger partial charge is 0.167 e. The molecule has 1 aliphatic heterocycles. The zero-order valence-corrected chi connectivity index (χ0v) is 19.3. The van der Waals surface area contributed by atoms with Gasteiger partial charge in [-0.3, -0.25) is 20.0 Å². The number of aromatic nitrogens is 1. The predicted octanol–water partition coefficient (Wildman–Crippen LogP) is 4.37. The molecule has 172 valence electrons. The monoisotopic (exact) mass is 453 g/mol. The Labute approximate surface area is 198 Å². The lowest BCUT2D eigenvalue weighted by Gasteiger charge is -2.50. The first-order chi connectivity index (χ1) is 16.2. The van der Waals surface area contributed by atoms with Crippen LogP contribution in [0.25, 0.3) is 10.8 Å². The topological polar surface area (TPSA) is 106 Å². The van der Waals surface area contributed by atoms with Crippen molar-refractivity contribution in [1.82, 2.24) is 4.98 Å². The summed E-state index contributed by atoms with van der Waals surface area (Å²) in [6, 6.07) is 8.05. The number of carbonyl (C=O) groups excluding carboxylic acids is 2. The van der Waals surface area contributed by atoms with Crippen LogP contribution in [0.4, 0.5) is 0 Å². The molecule has 1 aromatic heterocycles. The third kappa shape index (κ3) is 2.74. The standard InChI is InChI=1S/C28H27N3O3/c1-27-8-6-17-12-20-21(32)10-16(26(29)30)11-23(20)34-28(17,2)24(27)13-22(33)25(27)19-5-3-4-15-14-31-9-7-18(15)19/h3-9,12,14,16,24-25H,10-11,13H2,1-2H3,(H3,29,30)/t16?,24-,25+,27+,28-/m1/s1. The first-order valence-electron chi connectivity index (χ1n) is 11.8. The van der Waals surface area contributed by atoms with Gasteiger partial charge in [0.2, 0.25) is 0 Å². The summed E-state index contributed by atoms with van der Waals surface area (Å²) in [4.78, 5) is 30.7. The van der Waals surface area contributed by atoms with Gasteiger partial charge < -0.3 is 10.5 Å². The van der Waals surface area contributed by atoms with Crippen LogP contribution in [0.2, 0.25) is 0 Å². The van der Waals surface area contributed by atoms with E-state index < -0.39 is 11.0 Å². The molecule has 0 bridgehead atoms. The van der Waals surface area contributed by atoms with Gasteiger partial charge in [-0.1, -0.05) is 37.3 Å². The number of nitrogens with zero attached hydrogens (tertiary/aromatic N) is 1. The maximum Gasteiger partial charge on any atom is 0.167 e. The Morgan fingerprint density at radius 2 is 2.00 bits per heavy atom. The summed E-state index contributed by atoms with van der Waals surface area (Å²) >= 11 is 0. The van der Waals surface area contributed by atoms with E-state index in [4.69, 9.17) is 15.9 Å². The lowest BCUT2D eigenvalue weighted by atomic mass is 9.59. The minimum Gasteiger partial charge on any atom is -0.486 e. The quantitative estimate of drug-likeness (QED) is 0.519. The van der Waals surface area contributed by atoms with Crippen molar-refractivity contribution >= 4 is 28.2 Å². The van der Waals surface area contributed by atoms with Crippen LogP contribution in [0.1, 0.15) is 44.6 Å². The summed E-state index contributed by atoms with van der Waals surface area (Å²) in [7, 11) is 0. The van der Waals surface area contributed by atoms with Crippen molar-refractivity contribution in [2.24, 2.45) is 23.0 Å². The number of amidine groups is 1. The SMILES string of the molecule is C[C@]12C=CC3=CC4=C(CC(C(=N)N)CC4=O)O[C@@]3(C)[C@@H]1CC(=O)[C@@H]2c1cccc2cnccc12. The van der Waals surface area contributed by atoms with Gasteiger partial charge in [-0.2, -0.15) is 0 Å². The zero-order valence-electron chi connectivity index (χ0n) is 19.3. The Bertz CT molecular complexity index is 1380. The number of ether oxygens (including phenoxy) is 1. The van der Waals surface area contributed by atoms with Crippen LogP contribution in [0.5, 0.6) is 0 Å². The lowest BCUT2D eigenvalue weighted by Crippen LogP contribution is -2.50. The maximum atomic E-state index is 13.6. The summed E-state index contributed by atoms with van der Waals surface area (Å²) in [5.74, 6) is 0.0578. The van der Waals surface area contributed by atoms with E-state index in [0.29, 0.717) is 24.2 Å². The molecule has 6 nitrogen and oxygen atoms in total. The summed E-state index contributed by atoms with van der Waals surface area (Å²) in [6.45, 7) is 4.20. The average molecular weight is 454 g/mol. The fraction of sp³-hybridized carbons (Fsp3) is 0.357. The van der Waals surface area contributed by atoms with Gasteiger partial charge in [0.25, 0.3) is 0 Å². The van der Waals surface area contributed by atoms with Crippen LogP contribution in [0.15, 0.2) is 71.8 Å². The molecule has 1 saturated carbocycles. The summed E-state index contributed by atoms with van der Waals surface area (Å²) in [5, 5.41) is 9.92. The number of hydrogen-bond acceptors (Lipinski definition) is 5. The highest BCUT2D eigenvalue weighted by molar-refractivity contribution is 6.03. The van der Waals surface area contributed by atoms with E-state index in [1.54, 1.807) is 6.20 Å². The van der Waals surface area contributed by atoms with E-state index in [9.17, 15) is 9.59 Å². The van der Waals surface area contributed by atoms with Crippen LogP contribution in [0, 0.1) is 22.7 Å². The molecule has 6 rings (SSSR count). The highest BCUT2D eigenvalue weighted by Gasteiger charge is 2.62. The van der Waals surface area contributed by atoms with Crippen molar-refractivity contribution in [3.05, 3.63) is 77.4 Å². The number of rotatable bonds is 2. The van der Waals surface area contributed by atoms with Gasteiger partial charge in [0.05, 0.1) is 17.3 Å². The van der Waals surface area contributed by atoms with Gasteiger partial charge in [0, 0.05) is 54.3 Å². The van der Waals surface area contributed by atoms with Gasteiger partial charge in [-0.05, 0) is 35.6 Å². The average Bonchev–Trinajstić information content (AvgIpc) is 3.08. The second kappa shape index (κ2) is 6.98. The molecular formula is C28H27N3O3. The number of pyridine rings is 1. The minimum absolute atomic E-state index is 0.0124. The molecule has 1 unspecified atom stereocenters. The van der Waals surface area contributed by atoms with Crippen LogP contribution >= 0.6 is 0 Å². The molecular weight excluding hydrogens is 426 g/mol. The largest absolute Gasteiger partial charge is 0.486 e. The second-order valence-electron chi connectivity index (χ2n) is 10.4. The van der Waals surface area contributed by atoms with Crippen LogP contribution in [0.3, 0.4) is 0 Å². The molecule has 4 aliphatic rings. The highest BCUT2D eigenvalue weighted by atomic mass is 16.5. The Morgan fingerprint density at radius 3 is 2.79 bits per heavy atom. The number of benzene rings is 1. The molecule has 0 radical (unpaired) electrons. The number of allylic oxidation sites excluding steroid dienone is 4. The molecule has 1 aromatic carbocycles. The fourth-order valence-corrected chi connectivity index (χ4v) is 6.74. The predicted molar refractivity (Wildman–Crippen MR) is 129 cm³/mol. The van der Waals surface area contributed by atoms with E-state index in [1.807, 2.05) is 43.5 Å². The molecule has 0 spiro atoms. The number of nitrogens with one attached hydrogen (secondary N) is 1. The fourth-order valence-electron chi connectivity index (χ4n) is 6.74. The third-order valence-corrected chi connectivity index (χ3v) is 8.53. The number of carbonyl (C=O) groups is 2. The van der Waals surface area contributed by atoms with Crippen LogP contribution in [-0.2, 0) is 14.3 Å². The van der Waals surface area contributed by atoms with Gasteiger partial charge in [0.1, 0.15) is 17.1 Å². The van der Waals surface area contributed by atoms with E-state index >= 15 is 0 Å². The van der Waals surface area contributed by atoms with Crippen molar-refractivity contribution in [2.45, 2.75) is 44.6 Å². The number of hydrogen-bond donors (Lipinski definition) is 2. The molecule has 3 N–H and O–H groups in total. The van der Waals surface area contributed by atoms with Crippen molar-refractivity contribution in [1.29, 1.82) is 5.41 Å². The number of Topliss-reactive ketones (excluding diaryl/α,β-unsaturated/α-hetero) is 2. The number of ketones is 2. The number of nitrogens with two attached hydrogens (primary N) is 1. The molecule has 34 heavy (non-hydrogen) atoms. The van der Waals surface area contributed by atoms with Gasteiger partial charge in [0.15, 0.2) is 5.78 Å². The third-order valence-electron chi connectivity index (χ3n) is 8.53. The van der Waals surface area contributed by atoms with Crippen molar-refractivity contribution in [3.63, 3.8) is 0 Å². The Kier molecular flexibility index (Phi) is 4.32. The molecule has 1 fully saturated rings. The Morgan fingerprint density at radius 1 is 1.18 bits per heavy atom. The Balaban J connectivity index is 1.45. The summed E-state index contributed by atoms with van der Waals surface area (Å²) < 4.78 is 6.66. The molecule has 2 aromatic rings. The van der Waals surface area contributed by atoms with E-state index in [2.05, 4.69) is 24.1 Å². The first-order valence-corrected chi connectivity index (χ1v) is 11.8.